The molecule has 0 unspecified atom stereocenters. The summed E-state index contributed by atoms with van der Waals surface area (Å²) in [7, 11) is 0. The minimum Gasteiger partial charge on any atom is -0.490 e. The van der Waals surface area contributed by atoms with Crippen LogP contribution >= 0.6 is 0 Å². The second-order valence-corrected chi connectivity index (χ2v) is 6.91. The molecule has 0 heterocycles. The number of amides is 3. The third kappa shape index (κ3) is 8.94. The van der Waals surface area contributed by atoms with Crippen LogP contribution in [-0.4, -0.2) is 42.8 Å². The molecule has 0 bridgehead atoms. The normalized spacial score (nSPS) is 11.9. The van der Waals surface area contributed by atoms with Crippen molar-refractivity contribution in [2.45, 2.75) is 52.7 Å². The Balaban J connectivity index is 2.48. The van der Waals surface area contributed by atoms with E-state index in [1.165, 1.54) is 6.92 Å². The molecule has 0 spiro atoms. The minimum absolute atomic E-state index is 0.391. The van der Waals surface area contributed by atoms with Crippen LogP contribution in [0.2, 0.25) is 0 Å². The number of carbonyl (C=O) groups is 3. The molecule has 150 valence electrons. The largest absolute Gasteiger partial charge is 0.490 e. The molecule has 0 fully saturated rings. The van der Waals surface area contributed by atoms with Gasteiger partial charge in [-0.1, -0.05) is 19.1 Å². The summed E-state index contributed by atoms with van der Waals surface area (Å²) in [6.07, 6.45) is -0.301. The standard InChI is InChI=1S/C19H28N2O6/c1-6-11-25-14-9-7-8-10-15(14)26-12-16(22)27-13(2)17(23)20-18(24)21-19(3,4)5/h7-10,13H,6,11-12H2,1-5H3,(H2,20,21,23,24)/t13-/m0/s1. The van der Waals surface area contributed by atoms with Gasteiger partial charge in [0, 0.05) is 5.54 Å². The lowest BCUT2D eigenvalue weighted by molar-refractivity contribution is -0.156. The SMILES string of the molecule is CCCOc1ccccc1OCC(=O)O[C@@H](C)C(=O)NC(=O)NC(C)(C)C. The third-order valence-corrected chi connectivity index (χ3v) is 3.06. The van der Waals surface area contributed by atoms with Crippen molar-refractivity contribution in [1.82, 2.24) is 10.6 Å². The zero-order valence-corrected chi connectivity index (χ0v) is 16.5. The highest BCUT2D eigenvalue weighted by Gasteiger charge is 2.22. The zero-order valence-electron chi connectivity index (χ0n) is 16.5. The van der Waals surface area contributed by atoms with Crippen LogP contribution < -0.4 is 20.1 Å². The van der Waals surface area contributed by atoms with E-state index in [0.717, 1.165) is 6.42 Å². The average Bonchev–Trinajstić information content (AvgIpc) is 2.56. The quantitative estimate of drug-likeness (QED) is 0.672. The molecule has 3 amide bonds. The van der Waals surface area contributed by atoms with Gasteiger partial charge in [0.2, 0.25) is 0 Å². The van der Waals surface area contributed by atoms with Gasteiger partial charge in [-0.15, -0.1) is 0 Å². The Kier molecular flexibility index (Phi) is 8.58. The number of benzene rings is 1. The Morgan fingerprint density at radius 1 is 1.07 bits per heavy atom. The molecule has 1 aromatic rings. The van der Waals surface area contributed by atoms with Gasteiger partial charge < -0.3 is 19.5 Å². The number of urea groups is 1. The monoisotopic (exact) mass is 380 g/mol. The summed E-state index contributed by atoms with van der Waals surface area (Å²) in [4.78, 5) is 35.5. The van der Waals surface area contributed by atoms with Crippen molar-refractivity contribution in [2.75, 3.05) is 13.2 Å². The number of esters is 1. The molecule has 1 rings (SSSR count). The van der Waals surface area contributed by atoms with Crippen LogP contribution in [0.25, 0.3) is 0 Å². The summed E-state index contributed by atoms with van der Waals surface area (Å²) in [5.74, 6) is -0.530. The number of ether oxygens (including phenoxy) is 3. The molecule has 8 nitrogen and oxygen atoms in total. The van der Waals surface area contributed by atoms with Crippen LogP contribution in [-0.2, 0) is 14.3 Å². The van der Waals surface area contributed by atoms with Gasteiger partial charge in [-0.2, -0.15) is 0 Å². The molecule has 0 saturated heterocycles. The average molecular weight is 380 g/mol. The van der Waals surface area contributed by atoms with Gasteiger partial charge in [-0.05, 0) is 46.2 Å². The molecule has 2 N–H and O–H groups in total. The number of rotatable bonds is 8. The first-order valence-electron chi connectivity index (χ1n) is 8.79. The Labute approximate surface area is 159 Å². The number of hydrogen-bond donors (Lipinski definition) is 2. The number of nitrogens with one attached hydrogen (secondary N) is 2. The summed E-state index contributed by atoms with van der Waals surface area (Å²) in [5.41, 5.74) is -0.495. The van der Waals surface area contributed by atoms with Crippen molar-refractivity contribution >= 4 is 17.9 Å². The first-order valence-corrected chi connectivity index (χ1v) is 8.79. The first kappa shape index (κ1) is 22.3. The van der Waals surface area contributed by atoms with Gasteiger partial charge in [-0.3, -0.25) is 10.1 Å². The van der Waals surface area contributed by atoms with E-state index in [2.05, 4.69) is 10.6 Å². The minimum atomic E-state index is -1.14. The van der Waals surface area contributed by atoms with Crippen molar-refractivity contribution in [1.29, 1.82) is 0 Å². The maximum Gasteiger partial charge on any atom is 0.344 e. The van der Waals surface area contributed by atoms with E-state index in [1.807, 2.05) is 6.92 Å². The third-order valence-electron chi connectivity index (χ3n) is 3.06. The molecule has 8 heteroatoms. The Bertz CT molecular complexity index is 654. The van der Waals surface area contributed by atoms with Gasteiger partial charge in [0.1, 0.15) is 0 Å². The molecular formula is C19H28N2O6. The van der Waals surface area contributed by atoms with E-state index in [9.17, 15) is 14.4 Å². The lowest BCUT2D eigenvalue weighted by Gasteiger charge is -2.21. The lowest BCUT2D eigenvalue weighted by Crippen LogP contribution is -2.50. The number of para-hydroxylation sites is 2. The van der Waals surface area contributed by atoms with Crippen LogP contribution in [0.1, 0.15) is 41.0 Å². The first-order chi connectivity index (χ1) is 12.6. The van der Waals surface area contributed by atoms with E-state index in [4.69, 9.17) is 14.2 Å². The summed E-state index contributed by atoms with van der Waals surface area (Å²) < 4.78 is 15.9. The summed E-state index contributed by atoms with van der Waals surface area (Å²) in [6, 6.07) is 6.30. The van der Waals surface area contributed by atoms with Gasteiger partial charge in [0.25, 0.3) is 5.91 Å². The predicted molar refractivity (Wildman–Crippen MR) is 99.7 cm³/mol. The Morgan fingerprint density at radius 2 is 1.67 bits per heavy atom. The number of carbonyl (C=O) groups excluding carboxylic acids is 3. The highest BCUT2D eigenvalue weighted by Crippen LogP contribution is 2.26. The number of hydrogen-bond acceptors (Lipinski definition) is 6. The molecule has 27 heavy (non-hydrogen) atoms. The van der Waals surface area contributed by atoms with Crippen molar-refractivity contribution in [3.05, 3.63) is 24.3 Å². The van der Waals surface area contributed by atoms with Gasteiger partial charge in [-0.25, -0.2) is 9.59 Å². The Hall–Kier alpha value is -2.77. The topological polar surface area (TPSA) is 103 Å². The van der Waals surface area contributed by atoms with Crippen LogP contribution in [0, 0.1) is 0 Å². The lowest BCUT2D eigenvalue weighted by atomic mass is 10.1. The fourth-order valence-electron chi connectivity index (χ4n) is 1.91. The van der Waals surface area contributed by atoms with Crippen LogP contribution in [0.4, 0.5) is 4.79 Å². The van der Waals surface area contributed by atoms with Crippen molar-refractivity contribution in [3.8, 4) is 11.5 Å². The van der Waals surface area contributed by atoms with Crippen LogP contribution in [0.5, 0.6) is 11.5 Å². The van der Waals surface area contributed by atoms with E-state index in [0.29, 0.717) is 18.1 Å². The second kappa shape index (κ2) is 10.4. The molecule has 1 aromatic carbocycles. The highest BCUT2D eigenvalue weighted by molar-refractivity contribution is 5.97. The molecule has 0 aliphatic heterocycles. The molecule has 0 aliphatic rings. The van der Waals surface area contributed by atoms with Crippen LogP contribution in [0.3, 0.4) is 0 Å². The maximum absolute atomic E-state index is 11.9. The Morgan fingerprint density at radius 3 is 2.22 bits per heavy atom. The van der Waals surface area contributed by atoms with Crippen molar-refractivity contribution in [2.24, 2.45) is 0 Å². The van der Waals surface area contributed by atoms with E-state index >= 15 is 0 Å². The van der Waals surface area contributed by atoms with E-state index < -0.39 is 36.2 Å². The zero-order chi connectivity index (χ0) is 20.4. The fourth-order valence-corrected chi connectivity index (χ4v) is 1.91. The molecular weight excluding hydrogens is 352 g/mol. The van der Waals surface area contributed by atoms with Gasteiger partial charge in [0.05, 0.1) is 6.61 Å². The van der Waals surface area contributed by atoms with Crippen molar-refractivity contribution in [3.63, 3.8) is 0 Å². The van der Waals surface area contributed by atoms with E-state index in [1.54, 1.807) is 45.0 Å². The highest BCUT2D eigenvalue weighted by atomic mass is 16.6. The van der Waals surface area contributed by atoms with E-state index in [-0.39, 0.29) is 0 Å². The molecule has 0 aromatic heterocycles. The smallest absolute Gasteiger partial charge is 0.344 e. The molecule has 0 aliphatic carbocycles. The predicted octanol–water partition coefficient (Wildman–Crippen LogP) is 2.41. The molecule has 1 atom stereocenters. The number of imide groups is 1. The van der Waals surface area contributed by atoms with Crippen LogP contribution in [0.15, 0.2) is 24.3 Å². The summed E-state index contributed by atoms with van der Waals surface area (Å²) in [5, 5.41) is 4.70. The summed E-state index contributed by atoms with van der Waals surface area (Å²) >= 11 is 0. The maximum atomic E-state index is 11.9. The molecule has 0 saturated carbocycles. The molecule has 0 radical (unpaired) electrons. The fraction of sp³-hybridized carbons (Fsp3) is 0.526. The second-order valence-electron chi connectivity index (χ2n) is 6.91. The van der Waals surface area contributed by atoms with Crippen molar-refractivity contribution < 1.29 is 28.6 Å². The summed E-state index contributed by atoms with van der Waals surface area (Å²) in [6.45, 7) is 8.82. The van der Waals surface area contributed by atoms with Gasteiger partial charge >= 0.3 is 12.0 Å². The van der Waals surface area contributed by atoms with Gasteiger partial charge in [0.15, 0.2) is 24.2 Å².